The topological polar surface area (TPSA) is 88.7 Å². The minimum absolute atomic E-state index is 0.0743. The number of rotatable bonds is 10. The van der Waals surface area contributed by atoms with E-state index >= 15 is 0 Å². The second kappa shape index (κ2) is 10.8. The van der Waals surface area contributed by atoms with E-state index in [-0.39, 0.29) is 18.4 Å². The Bertz CT molecular complexity index is 747. The van der Waals surface area contributed by atoms with E-state index in [1.807, 2.05) is 24.3 Å². The number of methoxy groups -OCH3 is 1. The monoisotopic (exact) mass is 371 g/mol. The van der Waals surface area contributed by atoms with Gasteiger partial charge in [0.25, 0.3) is 0 Å². The second-order valence-electron chi connectivity index (χ2n) is 5.75. The van der Waals surface area contributed by atoms with Crippen LogP contribution in [0.1, 0.15) is 13.3 Å². The normalized spacial score (nSPS) is 10.1. The molecule has 0 saturated carbocycles. The quantitative estimate of drug-likeness (QED) is 0.559. The zero-order chi connectivity index (χ0) is 19.5. The Labute approximate surface area is 159 Å². The van der Waals surface area contributed by atoms with Crippen LogP contribution in [-0.4, -0.2) is 38.7 Å². The van der Waals surface area contributed by atoms with Gasteiger partial charge in [0.05, 0.1) is 13.2 Å². The third-order valence-corrected chi connectivity index (χ3v) is 3.61. The number of hydrogen-bond acceptors (Lipinski definition) is 5. The fourth-order valence-electron chi connectivity index (χ4n) is 2.22. The zero-order valence-electron chi connectivity index (χ0n) is 15.6. The van der Waals surface area contributed by atoms with Crippen molar-refractivity contribution in [3.8, 4) is 5.75 Å². The van der Waals surface area contributed by atoms with E-state index in [1.54, 1.807) is 38.3 Å². The predicted molar refractivity (Wildman–Crippen MR) is 106 cm³/mol. The summed E-state index contributed by atoms with van der Waals surface area (Å²) in [5.41, 5.74) is 2.09. The number of anilines is 3. The van der Waals surface area contributed by atoms with Crippen LogP contribution in [0.3, 0.4) is 0 Å². The molecule has 27 heavy (non-hydrogen) atoms. The van der Waals surface area contributed by atoms with Crippen molar-refractivity contribution in [2.45, 2.75) is 13.3 Å². The number of benzene rings is 2. The van der Waals surface area contributed by atoms with Crippen LogP contribution in [0.2, 0.25) is 0 Å². The number of hydrogen-bond donors (Lipinski definition) is 3. The van der Waals surface area contributed by atoms with Crippen molar-refractivity contribution in [1.29, 1.82) is 0 Å². The van der Waals surface area contributed by atoms with E-state index in [0.717, 1.165) is 11.4 Å². The van der Waals surface area contributed by atoms with Crippen molar-refractivity contribution < 1.29 is 19.1 Å². The first-order chi connectivity index (χ1) is 13.1. The van der Waals surface area contributed by atoms with Crippen LogP contribution >= 0.6 is 0 Å². The maximum atomic E-state index is 12.1. The molecule has 0 saturated heterocycles. The lowest BCUT2D eigenvalue weighted by Gasteiger charge is -2.10. The van der Waals surface area contributed by atoms with Gasteiger partial charge in [0.15, 0.2) is 0 Å². The van der Waals surface area contributed by atoms with Crippen LogP contribution in [0.4, 0.5) is 17.1 Å². The summed E-state index contributed by atoms with van der Waals surface area (Å²) < 4.78 is 10.4. The lowest BCUT2D eigenvalue weighted by molar-refractivity contribution is -0.116. The molecule has 0 aliphatic heterocycles. The van der Waals surface area contributed by atoms with Crippen molar-refractivity contribution in [1.82, 2.24) is 0 Å². The van der Waals surface area contributed by atoms with Crippen LogP contribution in [0.25, 0.3) is 0 Å². The molecule has 2 amide bonds. The largest absolute Gasteiger partial charge is 0.491 e. The van der Waals surface area contributed by atoms with Crippen molar-refractivity contribution in [2.75, 3.05) is 42.8 Å². The Hall–Kier alpha value is -3.06. The predicted octanol–water partition coefficient (Wildman–Crippen LogP) is 3.11. The smallest absolute Gasteiger partial charge is 0.243 e. The average molecular weight is 371 g/mol. The van der Waals surface area contributed by atoms with Gasteiger partial charge in [-0.3, -0.25) is 9.59 Å². The van der Waals surface area contributed by atoms with Gasteiger partial charge in [-0.1, -0.05) is 13.0 Å². The SMILES string of the molecule is CCC(=O)Nc1cccc(NC(=O)CNc2ccc(OCCOC)cc2)c1. The van der Waals surface area contributed by atoms with E-state index in [4.69, 9.17) is 9.47 Å². The van der Waals surface area contributed by atoms with Crippen molar-refractivity contribution in [2.24, 2.45) is 0 Å². The number of nitrogens with one attached hydrogen (secondary N) is 3. The zero-order valence-corrected chi connectivity index (χ0v) is 15.6. The van der Waals surface area contributed by atoms with E-state index in [9.17, 15) is 9.59 Å². The first-order valence-electron chi connectivity index (χ1n) is 8.76. The summed E-state index contributed by atoms with van der Waals surface area (Å²) >= 11 is 0. The van der Waals surface area contributed by atoms with E-state index in [1.165, 1.54) is 0 Å². The van der Waals surface area contributed by atoms with Gasteiger partial charge in [-0.2, -0.15) is 0 Å². The van der Waals surface area contributed by atoms with Crippen molar-refractivity contribution in [3.05, 3.63) is 48.5 Å². The molecular weight excluding hydrogens is 346 g/mol. The molecule has 3 N–H and O–H groups in total. The Morgan fingerprint density at radius 2 is 1.56 bits per heavy atom. The molecule has 7 heteroatoms. The minimum Gasteiger partial charge on any atom is -0.491 e. The molecule has 2 aromatic carbocycles. The molecule has 0 aliphatic rings. The van der Waals surface area contributed by atoms with E-state index < -0.39 is 0 Å². The molecule has 0 bridgehead atoms. The van der Waals surface area contributed by atoms with Gasteiger partial charge in [0.1, 0.15) is 12.4 Å². The molecule has 0 fully saturated rings. The summed E-state index contributed by atoms with van der Waals surface area (Å²) in [6.45, 7) is 2.92. The van der Waals surface area contributed by atoms with Gasteiger partial charge >= 0.3 is 0 Å². The van der Waals surface area contributed by atoms with Crippen LogP contribution < -0.4 is 20.7 Å². The maximum Gasteiger partial charge on any atom is 0.243 e. The lowest BCUT2D eigenvalue weighted by atomic mass is 10.2. The number of carbonyl (C=O) groups is 2. The highest BCUT2D eigenvalue weighted by molar-refractivity contribution is 5.95. The highest BCUT2D eigenvalue weighted by Gasteiger charge is 2.05. The number of ether oxygens (including phenoxy) is 2. The summed E-state index contributed by atoms with van der Waals surface area (Å²) in [6, 6.07) is 14.4. The molecule has 0 spiro atoms. The molecule has 0 unspecified atom stereocenters. The first-order valence-corrected chi connectivity index (χ1v) is 8.76. The summed E-state index contributed by atoms with van der Waals surface area (Å²) in [4.78, 5) is 23.6. The fourth-order valence-corrected chi connectivity index (χ4v) is 2.22. The Kier molecular flexibility index (Phi) is 8.12. The summed E-state index contributed by atoms with van der Waals surface area (Å²) in [6.07, 6.45) is 0.400. The van der Waals surface area contributed by atoms with Gasteiger partial charge in [-0.05, 0) is 42.5 Å². The highest BCUT2D eigenvalue weighted by atomic mass is 16.5. The molecular formula is C20H25N3O4. The Morgan fingerprint density at radius 3 is 2.19 bits per heavy atom. The Balaban J connectivity index is 1.80. The Morgan fingerprint density at radius 1 is 0.889 bits per heavy atom. The molecule has 0 aromatic heterocycles. The van der Waals surface area contributed by atoms with Crippen LogP contribution in [0.5, 0.6) is 5.75 Å². The van der Waals surface area contributed by atoms with Gasteiger partial charge in [-0.15, -0.1) is 0 Å². The molecule has 144 valence electrons. The van der Waals surface area contributed by atoms with Gasteiger partial charge < -0.3 is 25.4 Å². The third-order valence-electron chi connectivity index (χ3n) is 3.61. The lowest BCUT2D eigenvalue weighted by Crippen LogP contribution is -2.21. The maximum absolute atomic E-state index is 12.1. The standard InChI is InChI=1S/C20H25N3O4/c1-3-19(24)22-16-5-4-6-17(13-16)23-20(25)14-21-15-7-9-18(10-8-15)27-12-11-26-2/h4-10,13,21H,3,11-12,14H2,1-2H3,(H,22,24)(H,23,25). The third kappa shape index (κ3) is 7.37. The summed E-state index contributed by atoms with van der Waals surface area (Å²) in [7, 11) is 1.62. The fraction of sp³-hybridized carbons (Fsp3) is 0.300. The molecule has 7 nitrogen and oxygen atoms in total. The highest BCUT2D eigenvalue weighted by Crippen LogP contribution is 2.17. The minimum atomic E-state index is -0.186. The summed E-state index contributed by atoms with van der Waals surface area (Å²) in [5.74, 6) is 0.483. The van der Waals surface area contributed by atoms with Crippen molar-refractivity contribution in [3.63, 3.8) is 0 Å². The van der Waals surface area contributed by atoms with E-state index in [2.05, 4.69) is 16.0 Å². The van der Waals surface area contributed by atoms with Crippen molar-refractivity contribution >= 4 is 28.9 Å². The van der Waals surface area contributed by atoms with Crippen LogP contribution in [0.15, 0.2) is 48.5 Å². The van der Waals surface area contributed by atoms with Crippen LogP contribution in [0, 0.1) is 0 Å². The molecule has 2 aromatic rings. The van der Waals surface area contributed by atoms with Gasteiger partial charge in [0.2, 0.25) is 11.8 Å². The molecule has 0 atom stereocenters. The van der Waals surface area contributed by atoms with E-state index in [0.29, 0.717) is 31.0 Å². The van der Waals surface area contributed by atoms with Gasteiger partial charge in [0, 0.05) is 30.6 Å². The molecule has 2 rings (SSSR count). The molecule has 0 aliphatic carbocycles. The second-order valence-corrected chi connectivity index (χ2v) is 5.75. The number of carbonyl (C=O) groups excluding carboxylic acids is 2. The molecule has 0 radical (unpaired) electrons. The average Bonchev–Trinajstić information content (AvgIpc) is 2.68. The van der Waals surface area contributed by atoms with Gasteiger partial charge in [-0.25, -0.2) is 0 Å². The van der Waals surface area contributed by atoms with Crippen LogP contribution in [-0.2, 0) is 14.3 Å². The first kappa shape index (κ1) is 20.3. The molecule has 0 heterocycles. The number of amides is 2. The summed E-state index contributed by atoms with van der Waals surface area (Å²) in [5, 5.41) is 8.61.